The molecule has 3 rings (SSSR count). The second-order valence-corrected chi connectivity index (χ2v) is 5.87. The molecule has 3 aromatic rings. The molecule has 1 amide bonds. The fourth-order valence-electron chi connectivity index (χ4n) is 2.54. The standard InChI is InChI=1S/C20H21N5O3/c1-2-28-17-6-4-3-5-15(17)24-16-9-19(23-11-14(16)20(21)27)25-18-8-7-13(12-26)10-22-18/h3-11,26H,2,12H2,1H3,(H2,21,27)(H2,22,23,24,25). The van der Waals surface area contributed by atoms with Crippen molar-refractivity contribution in [1.82, 2.24) is 9.97 Å². The average Bonchev–Trinajstić information content (AvgIpc) is 2.70. The summed E-state index contributed by atoms with van der Waals surface area (Å²) < 4.78 is 5.62. The number of para-hydroxylation sites is 2. The van der Waals surface area contributed by atoms with Gasteiger partial charge in [-0.15, -0.1) is 0 Å². The minimum Gasteiger partial charge on any atom is -0.492 e. The first-order valence-electron chi connectivity index (χ1n) is 8.72. The van der Waals surface area contributed by atoms with Gasteiger partial charge in [0.25, 0.3) is 5.91 Å². The third kappa shape index (κ3) is 4.54. The molecule has 0 spiro atoms. The van der Waals surface area contributed by atoms with Crippen LogP contribution in [0.2, 0.25) is 0 Å². The second kappa shape index (κ2) is 8.83. The lowest BCUT2D eigenvalue weighted by molar-refractivity contribution is 0.100. The molecule has 0 aliphatic heterocycles. The Hall–Kier alpha value is -3.65. The van der Waals surface area contributed by atoms with E-state index < -0.39 is 5.91 Å². The number of rotatable bonds is 8. The zero-order valence-electron chi connectivity index (χ0n) is 15.3. The van der Waals surface area contributed by atoms with Gasteiger partial charge in [-0.25, -0.2) is 9.97 Å². The topological polar surface area (TPSA) is 122 Å². The van der Waals surface area contributed by atoms with E-state index in [1.807, 2.05) is 31.2 Å². The summed E-state index contributed by atoms with van der Waals surface area (Å²) in [5.41, 5.74) is 7.64. The van der Waals surface area contributed by atoms with Crippen LogP contribution in [0.25, 0.3) is 0 Å². The van der Waals surface area contributed by atoms with Crippen LogP contribution in [0.5, 0.6) is 5.75 Å². The van der Waals surface area contributed by atoms with Gasteiger partial charge >= 0.3 is 0 Å². The van der Waals surface area contributed by atoms with E-state index in [-0.39, 0.29) is 12.2 Å². The van der Waals surface area contributed by atoms with Crippen LogP contribution in [0.4, 0.5) is 23.0 Å². The lowest BCUT2D eigenvalue weighted by Crippen LogP contribution is -2.14. The van der Waals surface area contributed by atoms with Crippen LogP contribution in [-0.2, 0) is 6.61 Å². The maximum Gasteiger partial charge on any atom is 0.252 e. The van der Waals surface area contributed by atoms with Crippen molar-refractivity contribution in [3.63, 3.8) is 0 Å². The Kier molecular flexibility index (Phi) is 6.03. The fraction of sp³-hybridized carbons (Fsp3) is 0.150. The third-order valence-corrected chi connectivity index (χ3v) is 3.89. The highest BCUT2D eigenvalue weighted by molar-refractivity contribution is 5.99. The largest absolute Gasteiger partial charge is 0.492 e. The summed E-state index contributed by atoms with van der Waals surface area (Å²) in [6.45, 7) is 2.33. The predicted molar refractivity (Wildman–Crippen MR) is 107 cm³/mol. The van der Waals surface area contributed by atoms with Crippen molar-refractivity contribution in [2.24, 2.45) is 5.73 Å². The number of aliphatic hydroxyl groups excluding tert-OH is 1. The molecule has 0 saturated carbocycles. The number of anilines is 4. The Labute approximate surface area is 162 Å². The quantitative estimate of drug-likeness (QED) is 0.474. The van der Waals surface area contributed by atoms with Crippen molar-refractivity contribution in [3.05, 3.63) is 66.0 Å². The van der Waals surface area contributed by atoms with Gasteiger partial charge in [0.2, 0.25) is 0 Å². The molecule has 5 N–H and O–H groups in total. The van der Waals surface area contributed by atoms with Crippen molar-refractivity contribution < 1.29 is 14.6 Å². The molecule has 0 unspecified atom stereocenters. The van der Waals surface area contributed by atoms with Crippen molar-refractivity contribution in [1.29, 1.82) is 0 Å². The van der Waals surface area contributed by atoms with Crippen LogP contribution in [0.3, 0.4) is 0 Å². The Morgan fingerprint density at radius 2 is 1.86 bits per heavy atom. The number of hydrogen-bond acceptors (Lipinski definition) is 7. The third-order valence-electron chi connectivity index (χ3n) is 3.89. The number of ether oxygens (including phenoxy) is 1. The predicted octanol–water partition coefficient (Wildman–Crippen LogP) is 2.95. The fourth-order valence-corrected chi connectivity index (χ4v) is 2.54. The van der Waals surface area contributed by atoms with E-state index in [1.165, 1.54) is 6.20 Å². The molecule has 1 aromatic carbocycles. The Bertz CT molecular complexity index is 960. The van der Waals surface area contributed by atoms with Gasteiger partial charge in [0, 0.05) is 18.5 Å². The zero-order valence-corrected chi connectivity index (χ0v) is 15.3. The van der Waals surface area contributed by atoms with Crippen molar-refractivity contribution in [2.45, 2.75) is 13.5 Å². The molecule has 8 heteroatoms. The normalized spacial score (nSPS) is 10.4. The van der Waals surface area contributed by atoms with E-state index in [2.05, 4.69) is 20.6 Å². The highest BCUT2D eigenvalue weighted by Gasteiger charge is 2.13. The van der Waals surface area contributed by atoms with Crippen molar-refractivity contribution in [3.8, 4) is 5.75 Å². The van der Waals surface area contributed by atoms with Gasteiger partial charge in [-0.05, 0) is 30.7 Å². The van der Waals surface area contributed by atoms with Crippen LogP contribution in [-0.4, -0.2) is 27.6 Å². The molecule has 0 atom stereocenters. The number of aliphatic hydroxyl groups is 1. The van der Waals surface area contributed by atoms with E-state index >= 15 is 0 Å². The monoisotopic (exact) mass is 379 g/mol. The van der Waals surface area contributed by atoms with Crippen molar-refractivity contribution >= 4 is 28.9 Å². The number of nitrogens with zero attached hydrogens (tertiary/aromatic N) is 2. The molecular weight excluding hydrogens is 358 g/mol. The number of hydrogen-bond donors (Lipinski definition) is 4. The average molecular weight is 379 g/mol. The van der Waals surface area contributed by atoms with E-state index in [0.717, 1.165) is 0 Å². The van der Waals surface area contributed by atoms with Crippen LogP contribution in [0.15, 0.2) is 54.9 Å². The summed E-state index contributed by atoms with van der Waals surface area (Å²) in [6, 6.07) is 12.6. The van der Waals surface area contributed by atoms with E-state index in [1.54, 1.807) is 24.4 Å². The van der Waals surface area contributed by atoms with Gasteiger partial charge in [-0.3, -0.25) is 4.79 Å². The number of amides is 1. The molecule has 0 aliphatic carbocycles. The number of nitrogens with one attached hydrogen (secondary N) is 2. The molecule has 0 bridgehead atoms. The molecule has 2 heterocycles. The minimum absolute atomic E-state index is 0.0772. The summed E-state index contributed by atoms with van der Waals surface area (Å²) in [6.07, 6.45) is 2.97. The van der Waals surface area contributed by atoms with Crippen LogP contribution < -0.4 is 21.1 Å². The molecule has 2 aromatic heterocycles. The number of carbonyl (C=O) groups is 1. The number of benzene rings is 1. The minimum atomic E-state index is -0.596. The summed E-state index contributed by atoms with van der Waals surface area (Å²) in [5, 5.41) is 15.4. The van der Waals surface area contributed by atoms with Gasteiger partial charge in [-0.2, -0.15) is 0 Å². The SMILES string of the molecule is CCOc1ccccc1Nc1cc(Nc2ccc(CO)cn2)ncc1C(N)=O. The van der Waals surface area contributed by atoms with Gasteiger partial charge in [0.15, 0.2) is 0 Å². The van der Waals surface area contributed by atoms with Gasteiger partial charge in [0.1, 0.15) is 17.4 Å². The van der Waals surface area contributed by atoms with E-state index in [9.17, 15) is 4.79 Å². The number of nitrogens with two attached hydrogens (primary N) is 1. The maximum atomic E-state index is 11.8. The summed E-state index contributed by atoms with van der Waals surface area (Å²) >= 11 is 0. The lowest BCUT2D eigenvalue weighted by atomic mass is 10.2. The smallest absolute Gasteiger partial charge is 0.252 e. The molecular formula is C20H21N5O3. The molecule has 0 saturated heterocycles. The number of aromatic nitrogens is 2. The summed E-state index contributed by atoms with van der Waals surface area (Å²) in [5.74, 6) is 1.09. The first-order valence-corrected chi connectivity index (χ1v) is 8.72. The van der Waals surface area contributed by atoms with Gasteiger partial charge in [-0.1, -0.05) is 18.2 Å². The number of pyridine rings is 2. The van der Waals surface area contributed by atoms with E-state index in [4.69, 9.17) is 15.6 Å². The second-order valence-electron chi connectivity index (χ2n) is 5.87. The highest BCUT2D eigenvalue weighted by atomic mass is 16.5. The first kappa shape index (κ1) is 19.1. The van der Waals surface area contributed by atoms with Crippen LogP contribution in [0.1, 0.15) is 22.8 Å². The summed E-state index contributed by atoms with van der Waals surface area (Å²) in [7, 11) is 0. The summed E-state index contributed by atoms with van der Waals surface area (Å²) in [4.78, 5) is 20.3. The lowest BCUT2D eigenvalue weighted by Gasteiger charge is -2.15. The molecule has 28 heavy (non-hydrogen) atoms. The first-order chi connectivity index (χ1) is 13.6. The maximum absolute atomic E-state index is 11.8. The van der Waals surface area contributed by atoms with Gasteiger partial charge in [0.05, 0.1) is 30.2 Å². The highest BCUT2D eigenvalue weighted by Crippen LogP contribution is 2.30. The number of primary amides is 1. The van der Waals surface area contributed by atoms with Gasteiger partial charge < -0.3 is 26.2 Å². The number of carbonyl (C=O) groups excluding carboxylic acids is 1. The van der Waals surface area contributed by atoms with E-state index in [0.29, 0.717) is 40.9 Å². The Morgan fingerprint density at radius 3 is 2.54 bits per heavy atom. The van der Waals surface area contributed by atoms with Crippen molar-refractivity contribution in [2.75, 3.05) is 17.2 Å². The molecule has 8 nitrogen and oxygen atoms in total. The molecule has 0 aliphatic rings. The Morgan fingerprint density at radius 1 is 1.07 bits per heavy atom. The molecule has 144 valence electrons. The Balaban J connectivity index is 1.90. The van der Waals surface area contributed by atoms with Crippen LogP contribution in [0, 0.1) is 0 Å². The molecule has 0 fully saturated rings. The van der Waals surface area contributed by atoms with Crippen LogP contribution >= 0.6 is 0 Å². The zero-order chi connectivity index (χ0) is 19.9. The molecule has 0 radical (unpaired) electrons.